The summed E-state index contributed by atoms with van der Waals surface area (Å²) in [7, 11) is 0. The molecule has 2 amide bonds. The molecule has 1 heterocycles. The first-order valence-corrected chi connectivity index (χ1v) is 7.36. The van der Waals surface area contributed by atoms with Crippen LogP contribution in [0.1, 0.15) is 23.5 Å². The van der Waals surface area contributed by atoms with Gasteiger partial charge in [0.2, 0.25) is 0 Å². The van der Waals surface area contributed by atoms with E-state index in [4.69, 9.17) is 0 Å². The number of aromatic nitrogens is 1. The van der Waals surface area contributed by atoms with E-state index in [2.05, 4.69) is 15.6 Å². The van der Waals surface area contributed by atoms with Gasteiger partial charge in [-0.05, 0) is 6.92 Å². The van der Waals surface area contributed by atoms with E-state index in [1.807, 2.05) is 19.2 Å². The molecule has 2 N–H and O–H groups in total. The highest BCUT2D eigenvalue weighted by molar-refractivity contribution is 7.09. The molecule has 0 fully saturated rings. The molecule has 4 nitrogen and oxygen atoms in total. The summed E-state index contributed by atoms with van der Waals surface area (Å²) >= 11 is 1.49. The fourth-order valence-electron chi connectivity index (χ4n) is 1.72. The van der Waals surface area contributed by atoms with Crippen LogP contribution in [0, 0.1) is 24.4 Å². The molecule has 0 unspecified atom stereocenters. The Balaban J connectivity index is 1.92. The van der Waals surface area contributed by atoms with Gasteiger partial charge in [-0.1, -0.05) is 6.92 Å². The van der Waals surface area contributed by atoms with Gasteiger partial charge in [0.05, 0.1) is 10.7 Å². The quantitative estimate of drug-likeness (QED) is 0.839. The zero-order chi connectivity index (χ0) is 16.3. The fourth-order valence-corrected chi connectivity index (χ4v) is 2.57. The number of carbonyl (C=O) groups excluding carboxylic acids is 1. The number of hydrogen-bond donors (Lipinski definition) is 2. The summed E-state index contributed by atoms with van der Waals surface area (Å²) in [6, 6.07) is 0.272. The van der Waals surface area contributed by atoms with Gasteiger partial charge < -0.3 is 10.6 Å². The van der Waals surface area contributed by atoms with Crippen LogP contribution in [0.2, 0.25) is 0 Å². The second-order valence-electron chi connectivity index (χ2n) is 4.81. The minimum Gasteiger partial charge on any atom is -0.337 e. The van der Waals surface area contributed by atoms with Crippen molar-refractivity contribution in [3.63, 3.8) is 0 Å². The molecule has 1 atom stereocenters. The zero-order valence-electron chi connectivity index (χ0n) is 11.9. The molecule has 0 aliphatic heterocycles. The van der Waals surface area contributed by atoms with Crippen LogP contribution < -0.4 is 10.6 Å². The maximum atomic E-state index is 13.4. The molecule has 0 aliphatic rings. The zero-order valence-corrected chi connectivity index (χ0v) is 12.7. The number of nitrogens with one attached hydrogen (secondary N) is 2. The first-order chi connectivity index (χ1) is 10.4. The first kappa shape index (κ1) is 16.3. The van der Waals surface area contributed by atoms with Gasteiger partial charge in [0.25, 0.3) is 0 Å². The number of benzene rings is 1. The number of aryl methyl sites for hydroxylation is 1. The van der Waals surface area contributed by atoms with E-state index in [0.717, 1.165) is 10.7 Å². The summed E-state index contributed by atoms with van der Waals surface area (Å²) in [5.41, 5.74) is 0.481. The van der Waals surface area contributed by atoms with Crippen LogP contribution in [-0.2, 0) is 0 Å². The molecule has 118 valence electrons. The van der Waals surface area contributed by atoms with Crippen molar-refractivity contribution in [2.75, 3.05) is 11.9 Å². The van der Waals surface area contributed by atoms with Crippen molar-refractivity contribution in [2.45, 2.75) is 19.8 Å². The third-order valence-corrected chi connectivity index (χ3v) is 4.08. The van der Waals surface area contributed by atoms with Gasteiger partial charge in [-0.25, -0.2) is 22.9 Å². The molecule has 8 heteroatoms. The molecule has 1 aromatic carbocycles. The number of rotatable bonds is 4. The van der Waals surface area contributed by atoms with E-state index in [9.17, 15) is 18.0 Å². The van der Waals surface area contributed by atoms with Crippen molar-refractivity contribution in [1.29, 1.82) is 0 Å². The van der Waals surface area contributed by atoms with E-state index in [1.54, 1.807) is 0 Å². The van der Waals surface area contributed by atoms with Crippen LogP contribution >= 0.6 is 11.3 Å². The Morgan fingerprint density at radius 2 is 1.95 bits per heavy atom. The average molecular weight is 329 g/mol. The fraction of sp³-hybridized carbons (Fsp3) is 0.286. The second kappa shape index (κ2) is 6.78. The molecule has 1 aromatic heterocycles. The minimum atomic E-state index is -1.31. The third-order valence-electron chi connectivity index (χ3n) is 2.89. The van der Waals surface area contributed by atoms with Crippen molar-refractivity contribution in [3.8, 4) is 0 Å². The Hall–Kier alpha value is -2.09. The van der Waals surface area contributed by atoms with Crippen LogP contribution in [0.5, 0.6) is 0 Å². The maximum Gasteiger partial charge on any atom is 0.319 e. The molecule has 0 radical (unpaired) electrons. The monoisotopic (exact) mass is 329 g/mol. The minimum absolute atomic E-state index is 0.0146. The van der Waals surface area contributed by atoms with Crippen LogP contribution in [0.3, 0.4) is 0 Å². The van der Waals surface area contributed by atoms with Crippen molar-refractivity contribution < 1.29 is 18.0 Å². The number of anilines is 1. The topological polar surface area (TPSA) is 54.0 Å². The van der Waals surface area contributed by atoms with Gasteiger partial charge in [0.15, 0.2) is 11.6 Å². The van der Waals surface area contributed by atoms with Crippen molar-refractivity contribution in [2.24, 2.45) is 0 Å². The van der Waals surface area contributed by atoms with Crippen LogP contribution in [0.25, 0.3) is 0 Å². The molecule has 0 aliphatic carbocycles. The molecule has 2 aromatic rings. The second-order valence-corrected chi connectivity index (χ2v) is 5.70. The summed E-state index contributed by atoms with van der Waals surface area (Å²) in [5, 5.41) is 7.45. The Morgan fingerprint density at radius 1 is 1.27 bits per heavy atom. The van der Waals surface area contributed by atoms with Crippen molar-refractivity contribution in [1.82, 2.24) is 10.3 Å². The lowest BCUT2D eigenvalue weighted by Crippen LogP contribution is -2.32. The van der Waals surface area contributed by atoms with E-state index < -0.39 is 29.2 Å². The number of hydrogen-bond acceptors (Lipinski definition) is 3. The third kappa shape index (κ3) is 3.97. The van der Waals surface area contributed by atoms with Gasteiger partial charge >= 0.3 is 6.03 Å². The highest BCUT2D eigenvalue weighted by Gasteiger charge is 2.14. The van der Waals surface area contributed by atoms with Gasteiger partial charge in [-0.2, -0.15) is 0 Å². The maximum absolute atomic E-state index is 13.4. The molecule has 0 bridgehead atoms. The first-order valence-electron chi connectivity index (χ1n) is 6.48. The summed E-state index contributed by atoms with van der Waals surface area (Å²) in [6.07, 6.45) is 0. The molecule has 0 saturated carbocycles. The molecule has 22 heavy (non-hydrogen) atoms. The van der Waals surface area contributed by atoms with Crippen molar-refractivity contribution in [3.05, 3.63) is 45.7 Å². The molecule has 0 spiro atoms. The predicted octanol–water partition coefficient (Wildman–Crippen LogP) is 3.79. The van der Waals surface area contributed by atoms with Crippen molar-refractivity contribution >= 4 is 23.1 Å². The summed E-state index contributed by atoms with van der Waals surface area (Å²) < 4.78 is 39.2. The Bertz CT molecular complexity index is 690. The largest absolute Gasteiger partial charge is 0.337 e. The normalized spacial score (nSPS) is 12.0. The number of halogens is 3. The average Bonchev–Trinajstić information content (AvgIpc) is 2.89. The summed E-state index contributed by atoms with van der Waals surface area (Å²) in [4.78, 5) is 16.0. The Labute approximate surface area is 129 Å². The van der Waals surface area contributed by atoms with Crippen LogP contribution in [-0.4, -0.2) is 17.6 Å². The van der Waals surface area contributed by atoms with Crippen LogP contribution in [0.15, 0.2) is 17.5 Å². The summed E-state index contributed by atoms with van der Waals surface area (Å²) in [5.74, 6) is -3.60. The standard InChI is InChI=1S/C14H14F3N3OS/c1-7(13-19-8(2)6-22-13)5-18-14(21)20-12-4-10(16)9(15)3-11(12)17/h3-4,6-7H,5H2,1-2H3,(H2,18,20,21)/t7-/m0/s1. The molecular formula is C14H14F3N3OS. The number of carbonyl (C=O) groups is 1. The molecular weight excluding hydrogens is 315 g/mol. The lowest BCUT2D eigenvalue weighted by atomic mass is 10.2. The lowest BCUT2D eigenvalue weighted by Gasteiger charge is -2.12. The van der Waals surface area contributed by atoms with E-state index >= 15 is 0 Å². The number of amides is 2. The van der Waals surface area contributed by atoms with Crippen LogP contribution in [0.4, 0.5) is 23.7 Å². The van der Waals surface area contributed by atoms with E-state index in [-0.39, 0.29) is 12.5 Å². The van der Waals surface area contributed by atoms with E-state index in [1.165, 1.54) is 11.3 Å². The Kier molecular flexibility index (Phi) is 5.02. The number of nitrogens with zero attached hydrogens (tertiary/aromatic N) is 1. The van der Waals surface area contributed by atoms with Gasteiger partial charge in [-0.15, -0.1) is 11.3 Å². The van der Waals surface area contributed by atoms with E-state index in [0.29, 0.717) is 12.1 Å². The van der Waals surface area contributed by atoms with Gasteiger partial charge in [-0.3, -0.25) is 0 Å². The Morgan fingerprint density at radius 3 is 2.59 bits per heavy atom. The molecule has 2 rings (SSSR count). The number of thiazole rings is 1. The number of urea groups is 1. The smallest absolute Gasteiger partial charge is 0.319 e. The van der Waals surface area contributed by atoms with Gasteiger partial charge in [0.1, 0.15) is 5.82 Å². The highest BCUT2D eigenvalue weighted by atomic mass is 32.1. The lowest BCUT2D eigenvalue weighted by molar-refractivity contribution is 0.251. The highest BCUT2D eigenvalue weighted by Crippen LogP contribution is 2.20. The summed E-state index contributed by atoms with van der Waals surface area (Å²) in [6.45, 7) is 4.04. The predicted molar refractivity (Wildman–Crippen MR) is 78.6 cm³/mol. The van der Waals surface area contributed by atoms with Gasteiger partial charge in [0, 0.05) is 35.7 Å². The molecule has 0 saturated heterocycles. The SMILES string of the molecule is Cc1csc([C@@H](C)CNC(=O)Nc2cc(F)c(F)cc2F)n1.